The van der Waals surface area contributed by atoms with Crippen LogP contribution in [0.25, 0.3) is 0 Å². The Morgan fingerprint density at radius 1 is 1.15 bits per heavy atom. The second-order valence-corrected chi connectivity index (χ2v) is 6.36. The molecule has 1 amide bonds. The number of nitrogens with one attached hydrogen (secondary N) is 1. The van der Waals surface area contributed by atoms with Crippen LogP contribution >= 0.6 is 11.6 Å². The summed E-state index contributed by atoms with van der Waals surface area (Å²) in [6.45, 7) is 3.78. The fraction of sp³-hybridized carbons (Fsp3) is 0.200. The highest BCUT2D eigenvalue weighted by Crippen LogP contribution is 2.23. The maximum Gasteiger partial charge on any atom is 0.278 e. The number of methoxy groups -OCH3 is 1. The zero-order valence-corrected chi connectivity index (χ0v) is 16.0. The summed E-state index contributed by atoms with van der Waals surface area (Å²) >= 11 is 6.10. The minimum atomic E-state index is -0.389. The Bertz CT molecular complexity index is 951. The lowest BCUT2D eigenvalue weighted by Gasteiger charge is -2.08. The molecular formula is C20H19ClN2O4. The third kappa shape index (κ3) is 4.41. The summed E-state index contributed by atoms with van der Waals surface area (Å²) < 4.78 is 16.1. The van der Waals surface area contributed by atoms with Crippen LogP contribution in [0.1, 0.15) is 27.4 Å². The third-order valence-corrected chi connectivity index (χ3v) is 4.48. The number of aromatic nitrogens is 1. The van der Waals surface area contributed by atoms with Gasteiger partial charge in [-0.3, -0.25) is 4.79 Å². The van der Waals surface area contributed by atoms with Crippen molar-refractivity contribution in [3.8, 4) is 11.5 Å². The molecule has 2 aromatic carbocycles. The molecule has 0 unspecified atom stereocenters. The third-order valence-electron chi connectivity index (χ3n) is 4.07. The van der Waals surface area contributed by atoms with Crippen LogP contribution in [0.15, 0.2) is 47.0 Å². The van der Waals surface area contributed by atoms with Crippen molar-refractivity contribution in [2.24, 2.45) is 0 Å². The largest absolute Gasteiger partial charge is 0.497 e. The molecule has 3 rings (SSSR count). The first-order valence-corrected chi connectivity index (χ1v) is 8.65. The lowest BCUT2D eigenvalue weighted by atomic mass is 10.2. The van der Waals surface area contributed by atoms with Crippen molar-refractivity contribution in [2.75, 3.05) is 12.4 Å². The van der Waals surface area contributed by atoms with Crippen LogP contribution in [0.5, 0.6) is 11.5 Å². The Balaban J connectivity index is 1.72. The molecule has 0 aliphatic heterocycles. The molecule has 0 spiro atoms. The Labute approximate surface area is 162 Å². The molecule has 7 heteroatoms. The molecule has 1 heterocycles. The van der Waals surface area contributed by atoms with Crippen LogP contribution in [-0.2, 0) is 6.61 Å². The number of benzene rings is 2. The molecule has 0 aliphatic rings. The first-order valence-electron chi connectivity index (χ1n) is 8.27. The van der Waals surface area contributed by atoms with Gasteiger partial charge in [-0.05, 0) is 55.8 Å². The molecule has 0 radical (unpaired) electrons. The van der Waals surface area contributed by atoms with Gasteiger partial charge in [0.2, 0.25) is 0 Å². The fourth-order valence-corrected chi connectivity index (χ4v) is 2.61. The first-order chi connectivity index (χ1) is 13.0. The number of hydrogen-bond donors (Lipinski definition) is 1. The number of halogens is 1. The summed E-state index contributed by atoms with van der Waals surface area (Å²) in [6.07, 6.45) is 0. The van der Waals surface area contributed by atoms with E-state index in [1.807, 2.05) is 13.0 Å². The highest BCUT2D eigenvalue weighted by atomic mass is 35.5. The van der Waals surface area contributed by atoms with Gasteiger partial charge in [0.25, 0.3) is 5.91 Å². The van der Waals surface area contributed by atoms with Gasteiger partial charge in [-0.1, -0.05) is 22.8 Å². The van der Waals surface area contributed by atoms with E-state index in [1.54, 1.807) is 50.4 Å². The Kier molecular flexibility index (Phi) is 5.66. The molecule has 27 heavy (non-hydrogen) atoms. The number of carbonyl (C=O) groups excluding carboxylic acids is 1. The van der Waals surface area contributed by atoms with Gasteiger partial charge < -0.3 is 19.3 Å². The number of carbonyl (C=O) groups is 1. The summed E-state index contributed by atoms with van der Waals surface area (Å²) in [4.78, 5) is 12.6. The van der Waals surface area contributed by atoms with E-state index in [0.29, 0.717) is 27.8 Å². The summed E-state index contributed by atoms with van der Waals surface area (Å²) in [7, 11) is 1.60. The maximum absolute atomic E-state index is 12.6. The minimum Gasteiger partial charge on any atom is -0.497 e. The number of amides is 1. The van der Waals surface area contributed by atoms with Crippen LogP contribution in [0, 0.1) is 13.8 Å². The summed E-state index contributed by atoms with van der Waals surface area (Å²) in [6, 6.07) is 12.5. The van der Waals surface area contributed by atoms with Gasteiger partial charge in [0.05, 0.1) is 12.7 Å². The van der Waals surface area contributed by atoms with Crippen LogP contribution in [0.4, 0.5) is 5.69 Å². The van der Waals surface area contributed by atoms with Crippen molar-refractivity contribution in [3.05, 3.63) is 70.1 Å². The average Bonchev–Trinajstić information content (AvgIpc) is 3.04. The number of hydrogen-bond acceptors (Lipinski definition) is 5. The quantitative estimate of drug-likeness (QED) is 0.659. The number of nitrogens with zero attached hydrogens (tertiary/aromatic N) is 1. The van der Waals surface area contributed by atoms with Gasteiger partial charge >= 0.3 is 0 Å². The molecule has 0 fully saturated rings. The average molecular weight is 387 g/mol. The van der Waals surface area contributed by atoms with Crippen LogP contribution in [-0.4, -0.2) is 18.2 Å². The molecule has 0 saturated heterocycles. The maximum atomic E-state index is 12.6. The molecule has 0 aliphatic carbocycles. The molecule has 140 valence electrons. The normalized spacial score (nSPS) is 10.5. The monoisotopic (exact) mass is 386 g/mol. The van der Waals surface area contributed by atoms with Gasteiger partial charge in [0.1, 0.15) is 23.9 Å². The molecule has 3 aromatic rings. The van der Waals surface area contributed by atoms with Crippen molar-refractivity contribution in [1.82, 2.24) is 5.16 Å². The van der Waals surface area contributed by atoms with E-state index in [0.717, 1.165) is 11.3 Å². The fourth-order valence-electron chi connectivity index (χ4n) is 2.43. The SMILES string of the molecule is COc1ccc(OCc2c(C(=O)Nc3ccc(C)c(Cl)c3)noc2C)cc1. The van der Waals surface area contributed by atoms with E-state index in [2.05, 4.69) is 10.5 Å². The smallest absolute Gasteiger partial charge is 0.278 e. The van der Waals surface area contributed by atoms with Crippen molar-refractivity contribution < 1.29 is 18.8 Å². The highest BCUT2D eigenvalue weighted by molar-refractivity contribution is 6.31. The van der Waals surface area contributed by atoms with Gasteiger partial charge in [-0.15, -0.1) is 0 Å². The van der Waals surface area contributed by atoms with Crippen LogP contribution in [0.2, 0.25) is 5.02 Å². The van der Waals surface area contributed by atoms with Gasteiger partial charge in [0, 0.05) is 10.7 Å². The molecule has 0 saturated carbocycles. The van der Waals surface area contributed by atoms with E-state index in [1.165, 1.54) is 0 Å². The number of rotatable bonds is 6. The van der Waals surface area contributed by atoms with Crippen molar-refractivity contribution in [2.45, 2.75) is 20.5 Å². The zero-order chi connectivity index (χ0) is 19.4. The molecule has 0 atom stereocenters. The Morgan fingerprint density at radius 3 is 2.52 bits per heavy atom. The topological polar surface area (TPSA) is 73.6 Å². The minimum absolute atomic E-state index is 0.152. The summed E-state index contributed by atoms with van der Waals surface area (Å²) in [5, 5.41) is 7.22. The predicted octanol–water partition coefficient (Wildman–Crippen LogP) is 4.78. The predicted molar refractivity (Wildman–Crippen MR) is 103 cm³/mol. The van der Waals surface area contributed by atoms with E-state index in [4.69, 9.17) is 25.6 Å². The molecule has 1 N–H and O–H groups in total. The van der Waals surface area contributed by atoms with Gasteiger partial charge in [-0.25, -0.2) is 0 Å². The molecular weight excluding hydrogens is 368 g/mol. The van der Waals surface area contributed by atoms with E-state index < -0.39 is 0 Å². The van der Waals surface area contributed by atoms with Crippen molar-refractivity contribution in [3.63, 3.8) is 0 Å². The molecule has 0 bridgehead atoms. The van der Waals surface area contributed by atoms with Crippen LogP contribution in [0.3, 0.4) is 0 Å². The van der Waals surface area contributed by atoms with Gasteiger partial charge in [0.15, 0.2) is 5.69 Å². The second-order valence-electron chi connectivity index (χ2n) is 5.95. The second kappa shape index (κ2) is 8.14. The van der Waals surface area contributed by atoms with Gasteiger partial charge in [-0.2, -0.15) is 0 Å². The Morgan fingerprint density at radius 2 is 1.85 bits per heavy atom. The van der Waals surface area contributed by atoms with E-state index in [9.17, 15) is 4.79 Å². The zero-order valence-electron chi connectivity index (χ0n) is 15.2. The molecule has 6 nitrogen and oxygen atoms in total. The summed E-state index contributed by atoms with van der Waals surface area (Å²) in [5.41, 5.74) is 2.28. The van der Waals surface area contributed by atoms with Crippen molar-refractivity contribution >= 4 is 23.2 Å². The van der Waals surface area contributed by atoms with Crippen molar-refractivity contribution in [1.29, 1.82) is 0 Å². The number of aryl methyl sites for hydroxylation is 2. The summed E-state index contributed by atoms with van der Waals surface area (Å²) in [5.74, 6) is 1.52. The van der Waals surface area contributed by atoms with E-state index in [-0.39, 0.29) is 18.2 Å². The number of ether oxygens (including phenoxy) is 2. The first kappa shape index (κ1) is 18.8. The van der Waals surface area contributed by atoms with Crippen LogP contribution < -0.4 is 14.8 Å². The Hall–Kier alpha value is -2.99. The van der Waals surface area contributed by atoms with E-state index >= 15 is 0 Å². The lowest BCUT2D eigenvalue weighted by molar-refractivity contribution is 0.101. The standard InChI is InChI=1S/C20H19ClN2O4/c1-12-4-5-14(10-18(12)21)22-20(24)19-17(13(2)27-23-19)11-26-16-8-6-15(25-3)7-9-16/h4-10H,11H2,1-3H3,(H,22,24). The highest BCUT2D eigenvalue weighted by Gasteiger charge is 2.20. The number of anilines is 1. The lowest BCUT2D eigenvalue weighted by Crippen LogP contribution is -2.15. The molecule has 1 aromatic heterocycles.